The van der Waals surface area contributed by atoms with Crippen molar-refractivity contribution in [1.82, 2.24) is 4.90 Å². The van der Waals surface area contributed by atoms with Crippen LogP contribution in [0.15, 0.2) is 11.9 Å². The van der Waals surface area contributed by atoms with Gasteiger partial charge in [-0.2, -0.15) is 0 Å². The van der Waals surface area contributed by atoms with Crippen molar-refractivity contribution < 1.29 is 9.13 Å². The van der Waals surface area contributed by atoms with Crippen molar-refractivity contribution in [3.8, 4) is 0 Å². The topological polar surface area (TPSA) is 12.5 Å². The lowest BCUT2D eigenvalue weighted by Gasteiger charge is -2.31. The molecular formula is C14H24FNO. The average molecular weight is 241 g/mol. The number of nitrogens with zero attached hydrogens (tertiary/aromatic N) is 1. The summed E-state index contributed by atoms with van der Waals surface area (Å²) < 4.78 is 18.1. The molecule has 2 rings (SSSR count). The van der Waals surface area contributed by atoms with Gasteiger partial charge in [-0.05, 0) is 45.1 Å². The number of piperidine rings is 1. The summed E-state index contributed by atoms with van der Waals surface area (Å²) in [5.74, 6) is 0. The molecule has 0 aromatic heterocycles. The van der Waals surface area contributed by atoms with Crippen molar-refractivity contribution in [3.63, 3.8) is 0 Å². The summed E-state index contributed by atoms with van der Waals surface area (Å²) in [6.07, 6.45) is 5.51. The lowest BCUT2D eigenvalue weighted by molar-refractivity contribution is 0.0300. The van der Waals surface area contributed by atoms with E-state index in [1.54, 1.807) is 0 Å². The summed E-state index contributed by atoms with van der Waals surface area (Å²) in [6.45, 7) is 8.25. The maximum Gasteiger partial charge on any atom is 0.0859 e. The maximum atomic E-state index is 12.4. The molecule has 0 spiro atoms. The minimum Gasteiger partial charge on any atom is -0.378 e. The lowest BCUT2D eigenvalue weighted by Crippen LogP contribution is -2.37. The molecule has 1 heterocycles. The van der Waals surface area contributed by atoms with Crippen LogP contribution < -0.4 is 0 Å². The highest BCUT2D eigenvalue weighted by Crippen LogP contribution is 2.47. The van der Waals surface area contributed by atoms with Gasteiger partial charge < -0.3 is 9.64 Å². The molecule has 0 bridgehead atoms. The van der Waals surface area contributed by atoms with E-state index >= 15 is 0 Å². The predicted octanol–water partition coefficient (Wildman–Crippen LogP) is 3.14. The predicted molar refractivity (Wildman–Crippen MR) is 67.6 cm³/mol. The minimum absolute atomic E-state index is 0.329. The van der Waals surface area contributed by atoms with Crippen LogP contribution in [0.2, 0.25) is 0 Å². The second-order valence-electron chi connectivity index (χ2n) is 5.90. The monoisotopic (exact) mass is 241 g/mol. The molecule has 0 aromatic rings. The normalized spacial score (nSPS) is 24.1. The fraction of sp³-hybridized carbons (Fsp3) is 0.857. The van der Waals surface area contributed by atoms with Gasteiger partial charge in [-0.1, -0.05) is 0 Å². The quantitative estimate of drug-likeness (QED) is 0.733. The smallest absolute Gasteiger partial charge is 0.0859 e. The van der Waals surface area contributed by atoms with Crippen molar-refractivity contribution >= 4 is 0 Å². The van der Waals surface area contributed by atoms with E-state index in [-0.39, 0.29) is 0 Å². The zero-order valence-corrected chi connectivity index (χ0v) is 11.0. The fourth-order valence-corrected chi connectivity index (χ4v) is 2.45. The van der Waals surface area contributed by atoms with Crippen LogP contribution in [0.5, 0.6) is 0 Å². The molecule has 0 N–H and O–H groups in total. The molecule has 1 aliphatic carbocycles. The standard InChI is InChI=1S/C14H24FNO/c1-12(2)17-11-14(5-6-14)10-16-7-3-13(9-15)4-8-16/h9,12H,3-8,10-11H2,1-2H3. The maximum absolute atomic E-state index is 12.4. The Bertz CT molecular complexity index is 274. The van der Waals surface area contributed by atoms with E-state index in [0.717, 1.165) is 51.0 Å². The second-order valence-corrected chi connectivity index (χ2v) is 5.90. The fourth-order valence-electron chi connectivity index (χ4n) is 2.45. The van der Waals surface area contributed by atoms with Crippen molar-refractivity contribution in [1.29, 1.82) is 0 Å². The Morgan fingerprint density at radius 2 is 2.00 bits per heavy atom. The third kappa shape index (κ3) is 3.78. The molecule has 1 aliphatic heterocycles. The minimum atomic E-state index is 0.329. The van der Waals surface area contributed by atoms with Crippen LogP contribution in [-0.4, -0.2) is 37.2 Å². The zero-order chi connectivity index (χ0) is 12.3. The number of rotatable bonds is 5. The van der Waals surface area contributed by atoms with E-state index in [9.17, 15) is 4.39 Å². The molecule has 98 valence electrons. The average Bonchev–Trinajstić information content (AvgIpc) is 3.08. The van der Waals surface area contributed by atoms with Gasteiger partial charge in [0.05, 0.1) is 19.0 Å². The largest absolute Gasteiger partial charge is 0.378 e. The van der Waals surface area contributed by atoms with Crippen molar-refractivity contribution in [3.05, 3.63) is 11.9 Å². The Morgan fingerprint density at radius 1 is 1.35 bits per heavy atom. The highest BCUT2D eigenvalue weighted by Gasteiger charge is 2.44. The van der Waals surface area contributed by atoms with Gasteiger partial charge in [-0.15, -0.1) is 0 Å². The number of hydrogen-bond acceptors (Lipinski definition) is 2. The molecule has 0 radical (unpaired) electrons. The molecule has 0 aromatic carbocycles. The first-order chi connectivity index (χ1) is 8.13. The van der Waals surface area contributed by atoms with Gasteiger partial charge >= 0.3 is 0 Å². The number of halogens is 1. The van der Waals surface area contributed by atoms with Gasteiger partial charge in [-0.25, -0.2) is 4.39 Å². The van der Waals surface area contributed by atoms with Gasteiger partial charge in [-0.3, -0.25) is 0 Å². The highest BCUT2D eigenvalue weighted by molar-refractivity contribution is 5.04. The summed E-state index contributed by atoms with van der Waals surface area (Å²) in [6, 6.07) is 0. The molecule has 2 aliphatic rings. The van der Waals surface area contributed by atoms with Crippen molar-refractivity contribution in [2.45, 2.75) is 45.6 Å². The first-order valence-corrected chi connectivity index (χ1v) is 6.76. The molecule has 1 saturated carbocycles. The molecule has 0 atom stereocenters. The summed E-state index contributed by atoms with van der Waals surface area (Å²) >= 11 is 0. The van der Waals surface area contributed by atoms with Crippen molar-refractivity contribution in [2.75, 3.05) is 26.2 Å². The lowest BCUT2D eigenvalue weighted by atomic mass is 10.0. The van der Waals surface area contributed by atoms with Crippen LogP contribution in [-0.2, 0) is 4.74 Å². The van der Waals surface area contributed by atoms with Crippen molar-refractivity contribution in [2.24, 2.45) is 5.41 Å². The molecule has 2 fully saturated rings. The summed E-state index contributed by atoms with van der Waals surface area (Å²) in [4.78, 5) is 2.48. The highest BCUT2D eigenvalue weighted by atomic mass is 19.1. The van der Waals surface area contributed by atoms with Gasteiger partial charge in [0.2, 0.25) is 0 Å². The van der Waals surface area contributed by atoms with Crippen LogP contribution >= 0.6 is 0 Å². The molecule has 3 heteroatoms. The van der Waals surface area contributed by atoms with Gasteiger partial charge in [0.15, 0.2) is 0 Å². The summed E-state index contributed by atoms with van der Waals surface area (Å²) in [5.41, 5.74) is 1.39. The Labute approximate surface area is 104 Å². The first kappa shape index (κ1) is 13.0. The van der Waals surface area contributed by atoms with Crippen LogP contribution in [0.1, 0.15) is 39.5 Å². The van der Waals surface area contributed by atoms with E-state index in [2.05, 4.69) is 18.7 Å². The van der Waals surface area contributed by atoms with E-state index in [0.29, 0.717) is 11.5 Å². The number of ether oxygens (including phenoxy) is 1. The Hall–Kier alpha value is -0.410. The van der Waals surface area contributed by atoms with E-state index < -0.39 is 0 Å². The Morgan fingerprint density at radius 3 is 2.47 bits per heavy atom. The number of hydrogen-bond donors (Lipinski definition) is 0. The third-order valence-electron chi connectivity index (χ3n) is 3.89. The van der Waals surface area contributed by atoms with E-state index in [1.807, 2.05) is 0 Å². The van der Waals surface area contributed by atoms with E-state index in [1.165, 1.54) is 12.8 Å². The molecule has 0 amide bonds. The zero-order valence-electron chi connectivity index (χ0n) is 11.0. The molecule has 1 saturated heterocycles. The van der Waals surface area contributed by atoms with Crippen LogP contribution in [0.3, 0.4) is 0 Å². The van der Waals surface area contributed by atoms with E-state index in [4.69, 9.17) is 4.74 Å². The molecular weight excluding hydrogens is 217 g/mol. The second kappa shape index (κ2) is 5.49. The summed E-state index contributed by atoms with van der Waals surface area (Å²) in [5, 5.41) is 0. The number of likely N-dealkylation sites (tertiary alicyclic amines) is 1. The van der Waals surface area contributed by atoms with Gasteiger partial charge in [0, 0.05) is 25.0 Å². The third-order valence-corrected chi connectivity index (χ3v) is 3.89. The first-order valence-electron chi connectivity index (χ1n) is 6.76. The van der Waals surface area contributed by atoms with Crippen LogP contribution in [0.4, 0.5) is 4.39 Å². The molecule has 2 nitrogen and oxygen atoms in total. The van der Waals surface area contributed by atoms with Gasteiger partial charge in [0.25, 0.3) is 0 Å². The van der Waals surface area contributed by atoms with Crippen LogP contribution in [0, 0.1) is 5.41 Å². The molecule has 0 unspecified atom stereocenters. The van der Waals surface area contributed by atoms with Gasteiger partial charge in [0.1, 0.15) is 0 Å². The SMILES string of the molecule is CC(C)OCC1(CN2CCC(=CF)CC2)CC1. The Kier molecular flexibility index (Phi) is 4.21. The summed E-state index contributed by atoms with van der Waals surface area (Å²) in [7, 11) is 0. The van der Waals surface area contributed by atoms with Crippen LogP contribution in [0.25, 0.3) is 0 Å². The molecule has 17 heavy (non-hydrogen) atoms. The Balaban J connectivity index is 1.74.